The molecule has 8 nitrogen and oxygen atoms in total. The second-order valence-electron chi connectivity index (χ2n) is 7.83. The molecule has 1 aliphatic carbocycles. The molecule has 3 rings (SSSR count). The molecule has 0 spiro atoms. The first kappa shape index (κ1) is 21.9. The van der Waals surface area contributed by atoms with Gasteiger partial charge in [-0.1, -0.05) is 18.9 Å². The van der Waals surface area contributed by atoms with E-state index in [1.54, 1.807) is 12.1 Å². The fraction of sp³-hybridized carbons (Fsp3) is 0.591. The lowest BCUT2D eigenvalue weighted by Gasteiger charge is -2.23. The maximum absolute atomic E-state index is 12.6. The van der Waals surface area contributed by atoms with Gasteiger partial charge in [-0.05, 0) is 37.5 Å². The fourth-order valence-electron chi connectivity index (χ4n) is 4.14. The number of carbonyl (C=O) groups excluding carboxylic acids is 3. The molecule has 8 heteroatoms. The molecule has 164 valence electrons. The van der Waals surface area contributed by atoms with Crippen LogP contribution in [0.1, 0.15) is 44.6 Å². The highest BCUT2D eigenvalue weighted by Gasteiger charge is 2.38. The molecule has 2 N–H and O–H groups in total. The molecule has 1 atom stereocenters. The minimum absolute atomic E-state index is 0.0898. The summed E-state index contributed by atoms with van der Waals surface area (Å²) in [5, 5.41) is 5.60. The summed E-state index contributed by atoms with van der Waals surface area (Å²) < 4.78 is 10.9. The number of likely N-dealkylation sites (N-methyl/N-ethyl adjacent to an activating group) is 1. The molecule has 30 heavy (non-hydrogen) atoms. The molecule has 1 unspecified atom stereocenters. The van der Waals surface area contributed by atoms with Crippen LogP contribution in [0.25, 0.3) is 0 Å². The molecule has 1 aromatic rings. The zero-order valence-electron chi connectivity index (χ0n) is 17.7. The van der Waals surface area contributed by atoms with Gasteiger partial charge in [0.2, 0.25) is 11.8 Å². The number of hydrogen-bond donors (Lipinski definition) is 2. The average Bonchev–Trinajstić information content (AvgIpc) is 3.40. The Bertz CT molecular complexity index is 776. The number of methoxy groups -OCH3 is 1. The SMILES string of the molecule is CCNC(=O)COc1ccc(CNC(=O)C2CC(=O)N(C3CCCC3)C2)cc1OC. The number of ether oxygens (including phenoxy) is 2. The first-order valence-electron chi connectivity index (χ1n) is 10.7. The van der Waals surface area contributed by atoms with Crippen LogP contribution in [0.15, 0.2) is 18.2 Å². The largest absolute Gasteiger partial charge is 0.493 e. The van der Waals surface area contributed by atoms with Crippen molar-refractivity contribution < 1.29 is 23.9 Å². The summed E-state index contributed by atoms with van der Waals surface area (Å²) >= 11 is 0. The van der Waals surface area contributed by atoms with Crippen LogP contribution in [0.2, 0.25) is 0 Å². The fourth-order valence-corrected chi connectivity index (χ4v) is 4.14. The monoisotopic (exact) mass is 417 g/mol. The lowest BCUT2D eigenvalue weighted by Crippen LogP contribution is -2.36. The molecule has 1 aliphatic heterocycles. The van der Waals surface area contributed by atoms with Crippen LogP contribution in [-0.2, 0) is 20.9 Å². The van der Waals surface area contributed by atoms with Crippen molar-refractivity contribution in [2.45, 2.75) is 51.6 Å². The zero-order chi connectivity index (χ0) is 21.5. The summed E-state index contributed by atoms with van der Waals surface area (Å²) in [7, 11) is 1.53. The van der Waals surface area contributed by atoms with Crippen molar-refractivity contribution in [1.29, 1.82) is 0 Å². The van der Waals surface area contributed by atoms with Crippen LogP contribution < -0.4 is 20.1 Å². The van der Waals surface area contributed by atoms with Crippen LogP contribution in [0, 0.1) is 5.92 Å². The van der Waals surface area contributed by atoms with Gasteiger partial charge >= 0.3 is 0 Å². The van der Waals surface area contributed by atoms with Crippen LogP contribution in [0.3, 0.4) is 0 Å². The van der Waals surface area contributed by atoms with E-state index < -0.39 is 0 Å². The van der Waals surface area contributed by atoms with E-state index in [1.165, 1.54) is 7.11 Å². The third kappa shape index (κ3) is 5.43. The van der Waals surface area contributed by atoms with Gasteiger partial charge in [0.05, 0.1) is 13.0 Å². The highest BCUT2D eigenvalue weighted by molar-refractivity contribution is 5.89. The van der Waals surface area contributed by atoms with Crippen molar-refractivity contribution in [1.82, 2.24) is 15.5 Å². The second-order valence-corrected chi connectivity index (χ2v) is 7.83. The van der Waals surface area contributed by atoms with Gasteiger partial charge in [0.15, 0.2) is 18.1 Å². The Morgan fingerprint density at radius 3 is 2.63 bits per heavy atom. The van der Waals surface area contributed by atoms with Crippen molar-refractivity contribution in [2.24, 2.45) is 5.92 Å². The van der Waals surface area contributed by atoms with Gasteiger partial charge in [-0.2, -0.15) is 0 Å². The first-order valence-corrected chi connectivity index (χ1v) is 10.7. The summed E-state index contributed by atoms with van der Waals surface area (Å²) in [5.74, 6) is 0.465. The van der Waals surface area contributed by atoms with Crippen molar-refractivity contribution in [3.8, 4) is 11.5 Å². The summed E-state index contributed by atoms with van der Waals surface area (Å²) in [6.45, 7) is 3.15. The standard InChI is InChI=1S/C22H31N3O5/c1-3-23-20(26)14-30-18-9-8-15(10-19(18)29-2)12-24-22(28)16-11-21(27)25(13-16)17-6-4-5-7-17/h8-10,16-17H,3-7,11-14H2,1-2H3,(H,23,26)(H,24,28). The normalized spacial score (nSPS) is 19.1. The van der Waals surface area contributed by atoms with E-state index in [-0.39, 0.29) is 36.7 Å². The second kappa shape index (κ2) is 10.3. The maximum Gasteiger partial charge on any atom is 0.257 e. The van der Waals surface area contributed by atoms with E-state index in [4.69, 9.17) is 9.47 Å². The van der Waals surface area contributed by atoms with Crippen LogP contribution in [0.5, 0.6) is 11.5 Å². The van der Waals surface area contributed by atoms with E-state index in [0.29, 0.717) is 37.2 Å². The predicted octanol–water partition coefficient (Wildman–Crippen LogP) is 1.62. The third-order valence-corrected chi connectivity index (χ3v) is 5.72. The molecular formula is C22H31N3O5. The maximum atomic E-state index is 12.6. The number of amides is 3. The van der Waals surface area contributed by atoms with E-state index >= 15 is 0 Å². The summed E-state index contributed by atoms with van der Waals surface area (Å²) in [6, 6.07) is 5.63. The lowest BCUT2D eigenvalue weighted by atomic mass is 10.1. The Hall–Kier alpha value is -2.77. The highest BCUT2D eigenvalue weighted by Crippen LogP contribution is 2.30. The Balaban J connectivity index is 1.52. The first-order chi connectivity index (χ1) is 14.5. The van der Waals surface area contributed by atoms with Crippen molar-refractivity contribution in [2.75, 3.05) is 26.8 Å². The molecule has 0 aromatic heterocycles. The molecule has 1 aromatic carbocycles. The number of hydrogen-bond acceptors (Lipinski definition) is 5. The molecular weight excluding hydrogens is 386 g/mol. The quantitative estimate of drug-likeness (QED) is 0.636. The van der Waals surface area contributed by atoms with Gasteiger partial charge < -0.3 is 25.0 Å². The minimum Gasteiger partial charge on any atom is -0.493 e. The Kier molecular flexibility index (Phi) is 7.54. The summed E-state index contributed by atoms with van der Waals surface area (Å²) in [6.07, 6.45) is 4.72. The average molecular weight is 418 g/mol. The van der Waals surface area contributed by atoms with E-state index in [0.717, 1.165) is 31.2 Å². The molecule has 1 saturated carbocycles. The number of rotatable bonds is 9. The Morgan fingerprint density at radius 1 is 1.17 bits per heavy atom. The zero-order valence-corrected chi connectivity index (χ0v) is 17.7. The van der Waals surface area contributed by atoms with Crippen LogP contribution in [0.4, 0.5) is 0 Å². The van der Waals surface area contributed by atoms with E-state index in [9.17, 15) is 14.4 Å². The predicted molar refractivity (Wildman–Crippen MR) is 111 cm³/mol. The topological polar surface area (TPSA) is 97.0 Å². The van der Waals surface area contributed by atoms with Gasteiger partial charge in [-0.25, -0.2) is 0 Å². The van der Waals surface area contributed by atoms with E-state index in [1.807, 2.05) is 17.9 Å². The Morgan fingerprint density at radius 2 is 1.93 bits per heavy atom. The minimum atomic E-state index is -0.292. The third-order valence-electron chi connectivity index (χ3n) is 5.72. The van der Waals surface area contributed by atoms with Crippen LogP contribution in [-0.4, -0.2) is 55.5 Å². The van der Waals surface area contributed by atoms with E-state index in [2.05, 4.69) is 10.6 Å². The smallest absolute Gasteiger partial charge is 0.257 e. The molecule has 2 aliphatic rings. The lowest BCUT2D eigenvalue weighted by molar-refractivity contribution is -0.130. The number of nitrogens with zero attached hydrogens (tertiary/aromatic N) is 1. The van der Waals surface area contributed by atoms with Gasteiger partial charge in [0, 0.05) is 32.1 Å². The Labute approximate surface area is 177 Å². The molecule has 1 saturated heterocycles. The summed E-state index contributed by atoms with van der Waals surface area (Å²) in [5.41, 5.74) is 0.850. The molecule has 3 amide bonds. The van der Waals surface area contributed by atoms with Gasteiger partial charge in [0.25, 0.3) is 5.91 Å². The van der Waals surface area contributed by atoms with Crippen molar-refractivity contribution in [3.63, 3.8) is 0 Å². The molecule has 0 bridgehead atoms. The van der Waals surface area contributed by atoms with Crippen LogP contribution >= 0.6 is 0 Å². The number of carbonyl (C=O) groups is 3. The number of likely N-dealkylation sites (tertiary alicyclic amines) is 1. The molecule has 1 heterocycles. The highest BCUT2D eigenvalue weighted by atomic mass is 16.5. The number of nitrogens with one attached hydrogen (secondary N) is 2. The van der Waals surface area contributed by atoms with Crippen molar-refractivity contribution >= 4 is 17.7 Å². The van der Waals surface area contributed by atoms with Crippen molar-refractivity contribution in [3.05, 3.63) is 23.8 Å². The molecule has 0 radical (unpaired) electrons. The van der Waals surface area contributed by atoms with Gasteiger partial charge in [-0.3, -0.25) is 14.4 Å². The molecule has 2 fully saturated rings. The van der Waals surface area contributed by atoms with Gasteiger partial charge in [0.1, 0.15) is 0 Å². The summed E-state index contributed by atoms with van der Waals surface area (Å²) in [4.78, 5) is 38.4. The number of benzene rings is 1. The van der Waals surface area contributed by atoms with Gasteiger partial charge in [-0.15, -0.1) is 0 Å².